The fourth-order valence-corrected chi connectivity index (χ4v) is 7.80. The summed E-state index contributed by atoms with van der Waals surface area (Å²) in [4.78, 5) is 37.4. The van der Waals surface area contributed by atoms with Gasteiger partial charge in [0, 0.05) is 15.1 Å². The summed E-state index contributed by atoms with van der Waals surface area (Å²) in [5, 5.41) is 5.51. The smallest absolute Gasteiger partial charge is 0.251 e. The van der Waals surface area contributed by atoms with Crippen molar-refractivity contribution < 1.29 is 9.59 Å². The molecule has 3 N–H and O–H groups in total. The van der Waals surface area contributed by atoms with Crippen molar-refractivity contribution in [1.29, 1.82) is 0 Å². The van der Waals surface area contributed by atoms with Crippen molar-refractivity contribution in [2.45, 2.75) is 50.5 Å². The molecule has 0 aromatic carbocycles. The Bertz CT molecular complexity index is 1160. The molecular weight excluding hydrogens is 424 g/mol. The van der Waals surface area contributed by atoms with Gasteiger partial charge in [0.05, 0.1) is 11.3 Å². The van der Waals surface area contributed by atoms with Crippen LogP contribution in [0.15, 0.2) is 5.03 Å². The van der Waals surface area contributed by atoms with E-state index in [1.165, 1.54) is 44.8 Å². The topological polar surface area (TPSA) is 98.0 Å². The van der Waals surface area contributed by atoms with Crippen LogP contribution in [0, 0.1) is 6.92 Å². The molecule has 5 rings (SSSR count). The first-order chi connectivity index (χ1) is 14.0. The predicted octanol–water partition coefficient (Wildman–Crippen LogP) is 3.87. The molecule has 3 aromatic rings. The van der Waals surface area contributed by atoms with E-state index in [0.29, 0.717) is 10.6 Å². The molecule has 0 atom stereocenters. The number of amides is 2. The van der Waals surface area contributed by atoms with E-state index in [-0.39, 0.29) is 11.7 Å². The lowest BCUT2D eigenvalue weighted by molar-refractivity contribution is -0.113. The Balaban J connectivity index is 1.36. The van der Waals surface area contributed by atoms with Crippen LogP contribution in [-0.4, -0.2) is 27.5 Å². The number of aromatic nitrogens is 2. The van der Waals surface area contributed by atoms with Crippen LogP contribution in [0.4, 0.5) is 5.00 Å². The number of carbonyl (C=O) groups excluding carboxylic acids is 2. The molecule has 3 aromatic heterocycles. The van der Waals surface area contributed by atoms with Crippen LogP contribution >= 0.6 is 34.4 Å². The summed E-state index contributed by atoms with van der Waals surface area (Å²) in [7, 11) is 0. The molecule has 0 unspecified atom stereocenters. The number of hydrogen-bond donors (Lipinski definition) is 2. The summed E-state index contributed by atoms with van der Waals surface area (Å²) in [6.45, 7) is 1.89. The highest BCUT2D eigenvalue weighted by atomic mass is 32.2. The van der Waals surface area contributed by atoms with Gasteiger partial charge in [-0.1, -0.05) is 11.8 Å². The Hall–Kier alpha value is -1.97. The lowest BCUT2D eigenvalue weighted by atomic mass is 10.1. The average Bonchev–Trinajstić information content (AvgIpc) is 3.38. The van der Waals surface area contributed by atoms with Crippen LogP contribution in [0.2, 0.25) is 0 Å². The van der Waals surface area contributed by atoms with Gasteiger partial charge >= 0.3 is 0 Å². The van der Waals surface area contributed by atoms with Gasteiger partial charge in [-0.05, 0) is 56.6 Å². The molecule has 3 heterocycles. The molecule has 150 valence electrons. The molecule has 0 saturated heterocycles. The minimum atomic E-state index is -0.464. The van der Waals surface area contributed by atoms with Crippen LogP contribution in [0.5, 0.6) is 0 Å². The van der Waals surface area contributed by atoms with E-state index in [2.05, 4.69) is 15.3 Å². The number of aryl methyl sites for hydroxylation is 4. The number of primary amides is 1. The van der Waals surface area contributed by atoms with E-state index >= 15 is 0 Å². The maximum atomic E-state index is 12.7. The van der Waals surface area contributed by atoms with Crippen LogP contribution in [0.1, 0.15) is 49.9 Å². The molecule has 2 amide bonds. The van der Waals surface area contributed by atoms with Crippen molar-refractivity contribution in [2.24, 2.45) is 5.73 Å². The van der Waals surface area contributed by atoms with E-state index in [0.717, 1.165) is 58.7 Å². The molecule has 9 heteroatoms. The molecule has 2 aliphatic carbocycles. The second-order valence-electron chi connectivity index (χ2n) is 7.38. The molecule has 2 aliphatic rings. The highest BCUT2D eigenvalue weighted by molar-refractivity contribution is 8.00. The van der Waals surface area contributed by atoms with Gasteiger partial charge in [-0.25, -0.2) is 9.97 Å². The molecule has 0 spiro atoms. The van der Waals surface area contributed by atoms with E-state index in [4.69, 9.17) is 5.73 Å². The Labute approximate surface area is 180 Å². The van der Waals surface area contributed by atoms with Crippen LogP contribution < -0.4 is 11.1 Å². The Kier molecular flexibility index (Phi) is 4.84. The number of thioether (sulfide) groups is 1. The van der Waals surface area contributed by atoms with Gasteiger partial charge < -0.3 is 11.1 Å². The van der Waals surface area contributed by atoms with Crippen molar-refractivity contribution >= 4 is 61.5 Å². The van der Waals surface area contributed by atoms with Gasteiger partial charge in [0.25, 0.3) is 5.91 Å². The van der Waals surface area contributed by atoms with Crippen LogP contribution in [0.3, 0.4) is 0 Å². The number of nitrogens with one attached hydrogen (secondary N) is 1. The summed E-state index contributed by atoms with van der Waals surface area (Å²) in [6.07, 6.45) is 6.19. The first-order valence-corrected chi connectivity index (χ1v) is 12.3. The summed E-state index contributed by atoms with van der Waals surface area (Å²) in [5.74, 6) is 0.353. The molecule has 29 heavy (non-hydrogen) atoms. The van der Waals surface area contributed by atoms with Crippen molar-refractivity contribution in [3.05, 3.63) is 32.3 Å². The molecule has 0 aliphatic heterocycles. The van der Waals surface area contributed by atoms with E-state index < -0.39 is 5.91 Å². The number of thiophene rings is 2. The van der Waals surface area contributed by atoms with Crippen molar-refractivity contribution in [3.63, 3.8) is 0 Å². The Morgan fingerprint density at radius 1 is 1.07 bits per heavy atom. The van der Waals surface area contributed by atoms with E-state index in [1.807, 2.05) is 6.92 Å². The van der Waals surface area contributed by atoms with Gasteiger partial charge in [-0.15, -0.1) is 22.7 Å². The van der Waals surface area contributed by atoms with Gasteiger partial charge in [0.2, 0.25) is 5.91 Å². The molecule has 0 bridgehead atoms. The normalized spacial score (nSPS) is 14.9. The fraction of sp³-hybridized carbons (Fsp3) is 0.400. The van der Waals surface area contributed by atoms with Gasteiger partial charge in [0.15, 0.2) is 0 Å². The number of nitrogens with zero attached hydrogens (tertiary/aromatic N) is 2. The van der Waals surface area contributed by atoms with Crippen LogP contribution in [-0.2, 0) is 30.5 Å². The number of anilines is 1. The predicted molar refractivity (Wildman–Crippen MR) is 118 cm³/mol. The Morgan fingerprint density at radius 2 is 1.79 bits per heavy atom. The SMILES string of the molecule is Cc1nc(SCC(=O)Nc2sc3c(c2C(N)=O)CCC3)c2c3c(sc2n1)CCC3. The zero-order valence-corrected chi connectivity index (χ0v) is 18.4. The van der Waals surface area contributed by atoms with E-state index in [9.17, 15) is 9.59 Å². The fourth-order valence-electron chi connectivity index (χ4n) is 4.22. The summed E-state index contributed by atoms with van der Waals surface area (Å²) in [5.41, 5.74) is 8.46. The number of hydrogen-bond acceptors (Lipinski definition) is 7. The summed E-state index contributed by atoms with van der Waals surface area (Å²) < 4.78 is 0. The molecular formula is C20H20N4O2S3. The summed E-state index contributed by atoms with van der Waals surface area (Å²) in [6, 6.07) is 0. The first-order valence-electron chi connectivity index (χ1n) is 9.67. The zero-order chi connectivity index (χ0) is 20.1. The van der Waals surface area contributed by atoms with Crippen LogP contribution in [0.25, 0.3) is 10.2 Å². The van der Waals surface area contributed by atoms with Gasteiger partial charge in [0.1, 0.15) is 20.7 Å². The largest absolute Gasteiger partial charge is 0.365 e. The van der Waals surface area contributed by atoms with Gasteiger partial charge in [-0.2, -0.15) is 0 Å². The number of nitrogens with two attached hydrogens (primary N) is 1. The highest BCUT2D eigenvalue weighted by Crippen LogP contribution is 2.41. The van der Waals surface area contributed by atoms with Crippen molar-refractivity contribution in [3.8, 4) is 0 Å². The average molecular weight is 445 g/mol. The molecule has 0 fully saturated rings. The minimum Gasteiger partial charge on any atom is -0.365 e. The number of rotatable bonds is 5. The maximum absolute atomic E-state index is 12.7. The maximum Gasteiger partial charge on any atom is 0.251 e. The van der Waals surface area contributed by atoms with E-state index in [1.54, 1.807) is 11.3 Å². The van der Waals surface area contributed by atoms with Gasteiger partial charge in [-0.3, -0.25) is 9.59 Å². The lowest BCUT2D eigenvalue weighted by Crippen LogP contribution is -2.19. The summed E-state index contributed by atoms with van der Waals surface area (Å²) >= 11 is 4.68. The quantitative estimate of drug-likeness (QED) is 0.460. The standard InChI is InChI=1S/C20H20N4O2S3/c1-9-22-18(16-11-5-3-7-13(11)29-20(16)23-9)27-8-14(25)24-19-15(17(21)26)10-4-2-6-12(10)28-19/h2-8H2,1H3,(H2,21,26)(H,24,25). The third-order valence-electron chi connectivity index (χ3n) is 5.40. The monoisotopic (exact) mass is 444 g/mol. The second-order valence-corrected chi connectivity index (χ2v) is 10.5. The minimum absolute atomic E-state index is 0.145. The number of carbonyl (C=O) groups is 2. The van der Waals surface area contributed by atoms with Crippen molar-refractivity contribution in [2.75, 3.05) is 11.1 Å². The highest BCUT2D eigenvalue weighted by Gasteiger charge is 2.26. The Morgan fingerprint density at radius 3 is 2.55 bits per heavy atom. The third kappa shape index (κ3) is 3.35. The van der Waals surface area contributed by atoms with Crippen molar-refractivity contribution in [1.82, 2.24) is 9.97 Å². The molecule has 0 radical (unpaired) electrons. The number of fused-ring (bicyclic) bond motifs is 4. The lowest BCUT2D eigenvalue weighted by Gasteiger charge is -2.07. The molecule has 0 saturated carbocycles. The third-order valence-corrected chi connectivity index (χ3v) is 8.77. The zero-order valence-electron chi connectivity index (χ0n) is 16.0. The second kappa shape index (κ2) is 7.37. The molecule has 6 nitrogen and oxygen atoms in total. The first kappa shape index (κ1) is 19.0.